The van der Waals surface area contributed by atoms with Gasteiger partial charge in [-0.1, -0.05) is 49.7 Å². The second-order valence-electron chi connectivity index (χ2n) is 10.4. The van der Waals surface area contributed by atoms with E-state index in [4.69, 9.17) is 21.2 Å². The Morgan fingerprint density at radius 1 is 1.29 bits per heavy atom. The summed E-state index contributed by atoms with van der Waals surface area (Å²) in [6.07, 6.45) is 1.87. The van der Waals surface area contributed by atoms with Crippen LogP contribution in [-0.4, -0.2) is 66.7 Å². The van der Waals surface area contributed by atoms with Crippen molar-refractivity contribution in [1.82, 2.24) is 25.1 Å². The lowest BCUT2D eigenvalue weighted by molar-refractivity contribution is -0.145. The summed E-state index contributed by atoms with van der Waals surface area (Å²) in [6, 6.07) is 4.54. The van der Waals surface area contributed by atoms with Crippen LogP contribution >= 0.6 is 11.6 Å². The summed E-state index contributed by atoms with van der Waals surface area (Å²) in [5, 5.41) is 26.6. The highest BCUT2D eigenvalue weighted by Gasteiger charge is 2.45. The fraction of sp³-hybridized carbons (Fsp3) is 0.565. The number of aromatic nitrogens is 4. The van der Waals surface area contributed by atoms with Gasteiger partial charge in [0.1, 0.15) is 11.4 Å². The molecule has 2 unspecified atom stereocenters. The molecule has 12 heteroatoms. The first-order valence-corrected chi connectivity index (χ1v) is 11.9. The molecule has 2 atom stereocenters. The molecular weight excluding hydrogens is 476 g/mol. The van der Waals surface area contributed by atoms with Crippen molar-refractivity contribution in [3.05, 3.63) is 40.2 Å². The van der Waals surface area contributed by atoms with Crippen LogP contribution in [0.4, 0.5) is 0 Å². The predicted molar refractivity (Wildman–Crippen MR) is 124 cm³/mol. The minimum Gasteiger partial charge on any atom is -0.480 e. The molecule has 0 saturated carbocycles. The summed E-state index contributed by atoms with van der Waals surface area (Å²) in [5.41, 5.74) is 0.247. The Bertz CT molecular complexity index is 1200. The van der Waals surface area contributed by atoms with Crippen LogP contribution in [-0.2, 0) is 20.8 Å². The molecule has 3 aliphatic rings. The Morgan fingerprint density at radius 3 is 2.71 bits per heavy atom. The zero-order valence-corrected chi connectivity index (χ0v) is 20.5. The zero-order valence-electron chi connectivity index (χ0n) is 19.8. The molecule has 1 N–H and O–H groups in total. The van der Waals surface area contributed by atoms with Crippen LogP contribution < -0.4 is 0 Å². The average Bonchev–Trinajstić information content (AvgIpc) is 3.43. The lowest BCUT2D eigenvalue weighted by atomic mass is 9.81. The molecule has 0 radical (unpaired) electrons. The van der Waals surface area contributed by atoms with Crippen molar-refractivity contribution in [3.63, 3.8) is 0 Å². The van der Waals surface area contributed by atoms with Crippen molar-refractivity contribution in [2.45, 2.75) is 64.2 Å². The first kappa shape index (κ1) is 23.5. The van der Waals surface area contributed by atoms with Crippen LogP contribution in [0.1, 0.15) is 73.9 Å². The second-order valence-corrected chi connectivity index (χ2v) is 10.8. The van der Waals surface area contributed by atoms with Crippen molar-refractivity contribution >= 4 is 29.4 Å². The molecule has 3 aliphatic heterocycles. The summed E-state index contributed by atoms with van der Waals surface area (Å²) in [6.45, 7) is 6.73. The maximum absolute atomic E-state index is 12.6. The summed E-state index contributed by atoms with van der Waals surface area (Å²) < 4.78 is 5.90. The second kappa shape index (κ2) is 8.47. The number of nitrogens with zero attached hydrogens (tertiary/aromatic N) is 6. The smallest absolute Gasteiger partial charge is 0.340 e. The Morgan fingerprint density at radius 2 is 2.03 bits per heavy atom. The maximum atomic E-state index is 12.6. The van der Waals surface area contributed by atoms with Crippen LogP contribution in [0, 0.1) is 5.41 Å². The number of carboxylic acids is 1. The monoisotopic (exact) mass is 502 g/mol. The molecule has 186 valence electrons. The summed E-state index contributed by atoms with van der Waals surface area (Å²) in [4.78, 5) is 33.2. The van der Waals surface area contributed by atoms with E-state index in [0.717, 1.165) is 16.2 Å². The van der Waals surface area contributed by atoms with Crippen LogP contribution in [0.5, 0.6) is 0 Å². The first-order valence-electron chi connectivity index (χ1n) is 11.6. The predicted octanol–water partition coefficient (Wildman–Crippen LogP) is 3.02. The van der Waals surface area contributed by atoms with Gasteiger partial charge in [-0.2, -0.15) is 0 Å². The van der Waals surface area contributed by atoms with Crippen LogP contribution in [0.25, 0.3) is 0 Å². The van der Waals surface area contributed by atoms with E-state index in [1.54, 1.807) is 6.07 Å². The molecule has 1 aromatic heterocycles. The SMILES string of the molecule is CC(C)(C)C(C(=O)O)n1nnc(C2CC(N3CCC4(CC3)Cc3cccc(Cl)c3C(=O)O4)=NO2)n1. The van der Waals surface area contributed by atoms with E-state index < -0.39 is 29.1 Å². The lowest BCUT2D eigenvalue weighted by Gasteiger charge is -2.44. The zero-order chi connectivity index (χ0) is 25.0. The molecule has 2 aromatic rings. The number of tetrazole rings is 1. The van der Waals surface area contributed by atoms with E-state index in [2.05, 4.69) is 25.5 Å². The minimum absolute atomic E-state index is 0.294. The molecule has 1 spiro atoms. The number of esters is 1. The maximum Gasteiger partial charge on any atom is 0.340 e. The van der Waals surface area contributed by atoms with Gasteiger partial charge in [-0.05, 0) is 22.3 Å². The number of rotatable bonds is 3. The largest absolute Gasteiger partial charge is 0.480 e. The topological polar surface area (TPSA) is 132 Å². The third-order valence-corrected chi connectivity index (χ3v) is 7.15. The molecule has 5 rings (SSSR count). The number of hydrogen-bond acceptors (Lipinski definition) is 9. The quantitative estimate of drug-likeness (QED) is 0.629. The number of likely N-dealkylation sites (tertiary alicyclic amines) is 1. The molecule has 0 bridgehead atoms. The fourth-order valence-electron chi connectivity index (χ4n) is 5.01. The summed E-state index contributed by atoms with van der Waals surface area (Å²) in [5.74, 6) is -0.336. The van der Waals surface area contributed by atoms with Gasteiger partial charge in [-0.15, -0.1) is 15.0 Å². The Labute approximate surface area is 207 Å². The Kier molecular flexibility index (Phi) is 5.70. The van der Waals surface area contributed by atoms with E-state index in [1.165, 1.54) is 0 Å². The summed E-state index contributed by atoms with van der Waals surface area (Å²) in [7, 11) is 0. The van der Waals surface area contributed by atoms with Gasteiger partial charge in [0.2, 0.25) is 5.82 Å². The van der Waals surface area contributed by atoms with Gasteiger partial charge in [0.25, 0.3) is 0 Å². The number of piperidine rings is 1. The van der Waals surface area contributed by atoms with Crippen molar-refractivity contribution < 1.29 is 24.3 Å². The highest BCUT2D eigenvalue weighted by molar-refractivity contribution is 6.33. The fourth-order valence-corrected chi connectivity index (χ4v) is 5.28. The number of aliphatic carboxylic acids is 1. The molecule has 11 nitrogen and oxygen atoms in total. The van der Waals surface area contributed by atoms with Crippen molar-refractivity contribution in [3.8, 4) is 0 Å². The summed E-state index contributed by atoms with van der Waals surface area (Å²) >= 11 is 6.21. The van der Waals surface area contributed by atoms with E-state index in [-0.39, 0.29) is 5.97 Å². The number of carboxylic acid groups (broad SMARTS) is 1. The van der Waals surface area contributed by atoms with E-state index >= 15 is 0 Å². The van der Waals surface area contributed by atoms with Gasteiger partial charge in [0.05, 0.1) is 17.0 Å². The number of halogens is 1. The van der Waals surface area contributed by atoms with Gasteiger partial charge < -0.3 is 19.6 Å². The van der Waals surface area contributed by atoms with Gasteiger partial charge in [0.15, 0.2) is 12.1 Å². The van der Waals surface area contributed by atoms with Crippen molar-refractivity contribution in [2.75, 3.05) is 13.1 Å². The number of hydrogen-bond donors (Lipinski definition) is 1. The molecule has 0 aliphatic carbocycles. The highest BCUT2D eigenvalue weighted by atomic mass is 35.5. The number of benzene rings is 1. The molecule has 4 heterocycles. The van der Waals surface area contributed by atoms with Crippen LogP contribution in [0.15, 0.2) is 23.4 Å². The number of carbonyl (C=O) groups excluding carboxylic acids is 1. The minimum atomic E-state index is -1.03. The van der Waals surface area contributed by atoms with E-state index in [9.17, 15) is 14.7 Å². The number of ether oxygens (including phenoxy) is 1. The molecule has 1 aromatic carbocycles. The molecular formula is C23H27ClN6O5. The number of fused-ring (bicyclic) bond motifs is 1. The molecule has 35 heavy (non-hydrogen) atoms. The standard InChI is InChI=1S/C23H27ClN6O5/c1-22(2,3)18(20(31)32)30-26-19(25-28-30)15-11-16(27-35-15)29-9-7-23(8-10-29)12-13-5-4-6-14(24)17(13)21(33)34-23/h4-6,15,18H,7-12H2,1-3H3,(H,31,32). The number of amidine groups is 1. The Hall–Kier alpha value is -3.21. The molecule has 0 amide bonds. The first-order chi connectivity index (χ1) is 16.6. The third kappa shape index (κ3) is 4.33. The van der Waals surface area contributed by atoms with E-state index in [0.29, 0.717) is 55.2 Å². The van der Waals surface area contributed by atoms with Gasteiger partial charge in [-0.3, -0.25) is 0 Å². The number of oxime groups is 1. The van der Waals surface area contributed by atoms with Crippen LogP contribution in [0.2, 0.25) is 5.02 Å². The molecule has 1 fully saturated rings. The lowest BCUT2D eigenvalue weighted by Crippen LogP contribution is -2.51. The average molecular weight is 503 g/mol. The van der Waals surface area contributed by atoms with Crippen molar-refractivity contribution in [1.29, 1.82) is 0 Å². The van der Waals surface area contributed by atoms with Gasteiger partial charge in [-0.25, -0.2) is 9.59 Å². The van der Waals surface area contributed by atoms with Crippen molar-refractivity contribution in [2.24, 2.45) is 10.6 Å². The highest BCUT2D eigenvalue weighted by Crippen LogP contribution is 2.39. The third-order valence-electron chi connectivity index (χ3n) is 6.84. The van der Waals surface area contributed by atoms with Gasteiger partial charge in [0, 0.05) is 32.4 Å². The van der Waals surface area contributed by atoms with Gasteiger partial charge >= 0.3 is 11.9 Å². The number of carbonyl (C=O) groups is 2. The normalized spacial score (nSPS) is 22.3. The molecule has 1 saturated heterocycles. The van der Waals surface area contributed by atoms with Crippen LogP contribution in [0.3, 0.4) is 0 Å². The van der Waals surface area contributed by atoms with E-state index in [1.807, 2.05) is 32.9 Å². The Balaban J connectivity index is 1.22.